The van der Waals surface area contributed by atoms with E-state index in [4.69, 9.17) is 21.3 Å². The van der Waals surface area contributed by atoms with Crippen LogP contribution in [0.1, 0.15) is 20.7 Å². The number of carbonyl (C=O) groups is 2. The molecule has 1 aromatic rings. The molecule has 0 aliphatic rings. The Kier molecular flexibility index (Phi) is 9.24. The average Bonchev–Trinajstić information content (AvgIpc) is 2.19. The first-order valence-corrected chi connectivity index (χ1v) is 3.63. The molecule has 0 atom stereocenters. The molecule has 0 unspecified atom stereocenters. The van der Waals surface area contributed by atoms with Crippen molar-refractivity contribution in [1.29, 1.82) is 11.1 Å². The fourth-order valence-corrected chi connectivity index (χ4v) is 0.856. The Morgan fingerprint density at radius 3 is 1.44 bits per heavy atom. The van der Waals surface area contributed by atoms with Crippen LogP contribution in [-0.2, 0) is 0 Å². The predicted octanol–water partition coefficient (Wildman–Crippen LogP) is 0.550. The summed E-state index contributed by atoms with van der Waals surface area (Å²) < 4.78 is 0. The van der Waals surface area contributed by atoms with Gasteiger partial charge < -0.3 is 10.2 Å². The average molecular weight is 234 g/mol. The van der Waals surface area contributed by atoms with Gasteiger partial charge in [0.05, 0.1) is 11.1 Å². The molecule has 0 saturated heterocycles. The van der Waals surface area contributed by atoms with Gasteiger partial charge in [-0.25, -0.2) is 9.59 Å². The summed E-state index contributed by atoms with van der Waals surface area (Å²) in [4.78, 5) is 22.9. The molecule has 0 radical (unpaired) electrons. The second-order valence-electron chi connectivity index (χ2n) is 2.27. The van der Waals surface area contributed by atoms with E-state index in [1.807, 2.05) is 4.91 Å². The molecule has 4 N–H and O–H groups in total. The number of hydrogen-bond acceptors (Lipinski definition) is 4. The number of nitrogens with zero attached hydrogens (tertiary/aromatic N) is 1. The topological polar surface area (TPSA) is 136 Å². The van der Waals surface area contributed by atoms with Crippen LogP contribution in [0.3, 0.4) is 0 Å². The maximum atomic E-state index is 10.5. The summed E-state index contributed by atoms with van der Waals surface area (Å²) in [6, 6.07) is 5.48. The monoisotopic (exact) mass is 234 g/mol. The number of carboxylic acid groups (broad SMARTS) is 2. The van der Waals surface area contributed by atoms with E-state index in [2.05, 4.69) is 0 Å². The van der Waals surface area contributed by atoms with E-state index in [9.17, 15) is 9.59 Å². The van der Waals surface area contributed by atoms with Crippen LogP contribution in [0.4, 0.5) is 0 Å². The van der Waals surface area contributed by atoms with Gasteiger partial charge in [0.2, 0.25) is 4.91 Å². The number of nitrogens with one attached hydrogen (secondary N) is 2. The summed E-state index contributed by atoms with van der Waals surface area (Å²) in [7, 11) is 0. The van der Waals surface area contributed by atoms with Crippen LogP contribution in [0.5, 0.6) is 0 Å². The molecule has 0 heterocycles. The van der Waals surface area contributed by atoms with E-state index < -0.39 is 11.9 Å². The fourth-order valence-electron chi connectivity index (χ4n) is 0.856. The van der Waals surface area contributed by atoms with Crippen molar-refractivity contribution in [2.45, 2.75) is 0 Å². The third-order valence-electron chi connectivity index (χ3n) is 1.39. The van der Waals surface area contributed by atoms with Crippen LogP contribution in [0.2, 0.25) is 0 Å². The van der Waals surface area contributed by atoms with Crippen molar-refractivity contribution < 1.29 is 19.8 Å². The molecule has 8 heteroatoms. The van der Waals surface area contributed by atoms with Crippen molar-refractivity contribution in [2.24, 2.45) is 0 Å². The first kappa shape index (κ1) is 16.9. The van der Waals surface area contributed by atoms with E-state index in [0.717, 1.165) is 0 Å². The summed E-state index contributed by atoms with van der Waals surface area (Å²) in [5.41, 5.74) is 10.6. The van der Waals surface area contributed by atoms with Gasteiger partial charge in [0.25, 0.3) is 0 Å². The summed E-state index contributed by atoms with van der Waals surface area (Å²) in [6.07, 6.45) is 0. The summed E-state index contributed by atoms with van der Waals surface area (Å²) in [6.45, 7) is 0. The summed E-state index contributed by atoms with van der Waals surface area (Å²) in [5.74, 6) is -2.46. The Balaban J connectivity index is 0. The Morgan fingerprint density at radius 1 is 1.00 bits per heavy atom. The number of benzene rings is 1. The zero-order chi connectivity index (χ0) is 11.8. The van der Waals surface area contributed by atoms with Gasteiger partial charge in [-0.1, -0.05) is 12.1 Å². The van der Waals surface area contributed by atoms with E-state index in [1.54, 1.807) is 0 Å². The van der Waals surface area contributed by atoms with E-state index >= 15 is 0 Å². The molecule has 0 amide bonds. The molecule has 0 aliphatic carbocycles. The van der Waals surface area contributed by atoms with Gasteiger partial charge in [-0.3, -0.25) is 0 Å². The molecule has 7 nitrogen and oxygen atoms in total. The van der Waals surface area contributed by atoms with Crippen molar-refractivity contribution in [3.05, 3.63) is 35.4 Å². The van der Waals surface area contributed by atoms with Gasteiger partial charge in [-0.15, -0.1) is 0 Å². The Labute approximate surface area is 112 Å². The van der Waals surface area contributed by atoms with Crippen molar-refractivity contribution in [1.82, 2.24) is 4.91 Å². The van der Waals surface area contributed by atoms with Gasteiger partial charge in [-0.2, -0.15) is 0 Å². The van der Waals surface area contributed by atoms with Gasteiger partial charge >= 0.3 is 41.5 Å². The molecule has 0 aliphatic heterocycles. The van der Waals surface area contributed by atoms with Gasteiger partial charge in [0.1, 0.15) is 11.1 Å². The van der Waals surface area contributed by atoms with Crippen molar-refractivity contribution >= 4 is 41.5 Å². The van der Waals surface area contributed by atoms with E-state index in [1.165, 1.54) is 24.3 Å². The summed E-state index contributed by atoms with van der Waals surface area (Å²) in [5, 5.41) is 17.1. The standard InChI is InChI=1S/C8H6O4.H2N3.Na.H/c9-7(10)5-3-1-2-4-6(5)8(11)12;1-3-2;;/h1-4H,(H,9,10)(H,11,12);1-2H;;/q;+1;;. The summed E-state index contributed by atoms with van der Waals surface area (Å²) >= 11 is 0. The van der Waals surface area contributed by atoms with Crippen LogP contribution in [-0.4, -0.2) is 51.7 Å². The van der Waals surface area contributed by atoms with Crippen LogP contribution < -0.4 is 4.91 Å². The van der Waals surface area contributed by atoms with Gasteiger partial charge in [0, 0.05) is 0 Å². The van der Waals surface area contributed by atoms with Crippen molar-refractivity contribution in [3.63, 3.8) is 0 Å². The Bertz CT molecular complexity index is 382. The normalized spacial score (nSPS) is 7.50. The Morgan fingerprint density at radius 2 is 1.25 bits per heavy atom. The molecule has 0 saturated carbocycles. The van der Waals surface area contributed by atoms with Crippen LogP contribution in [0.25, 0.3) is 0 Å². The third kappa shape index (κ3) is 5.38. The van der Waals surface area contributed by atoms with Gasteiger partial charge in [0.15, 0.2) is 0 Å². The molecule has 0 bridgehead atoms. The van der Waals surface area contributed by atoms with E-state index in [-0.39, 0.29) is 40.7 Å². The molecule has 0 fully saturated rings. The zero-order valence-electron chi connectivity index (χ0n) is 7.47. The molecule has 1 rings (SSSR count). The number of aromatic carboxylic acids is 2. The third-order valence-corrected chi connectivity index (χ3v) is 1.39. The minimum absolute atomic E-state index is 0. The van der Waals surface area contributed by atoms with Crippen LogP contribution >= 0.6 is 0 Å². The Hall–Kier alpha value is -1.53. The molecule has 1 aromatic carbocycles. The minimum atomic E-state index is -1.23. The maximum absolute atomic E-state index is 10.5. The molecule has 16 heavy (non-hydrogen) atoms. The molecule has 0 aromatic heterocycles. The zero-order valence-corrected chi connectivity index (χ0v) is 7.47. The van der Waals surface area contributed by atoms with Crippen molar-refractivity contribution in [2.75, 3.05) is 0 Å². The fraction of sp³-hybridized carbons (Fsp3) is 0. The first-order valence-electron chi connectivity index (χ1n) is 3.63. The second-order valence-corrected chi connectivity index (χ2v) is 2.27. The SMILES string of the molecule is N=[N+]=N.O=C(O)c1ccccc1C(=O)O.[NaH]. The number of hydrogen-bond donors (Lipinski definition) is 4. The quantitative estimate of drug-likeness (QED) is 0.337. The number of rotatable bonds is 2. The van der Waals surface area contributed by atoms with Gasteiger partial charge in [-0.05, 0) is 12.1 Å². The predicted molar refractivity (Wildman–Crippen MR) is 55.1 cm³/mol. The molecular formula is C8H9N3NaO4+. The molecule has 80 valence electrons. The van der Waals surface area contributed by atoms with E-state index in [0.29, 0.717) is 0 Å². The molecular weight excluding hydrogens is 225 g/mol. The second kappa shape index (κ2) is 8.75. The number of carboxylic acids is 2. The van der Waals surface area contributed by atoms with Crippen LogP contribution in [0.15, 0.2) is 24.3 Å². The first-order chi connectivity index (χ1) is 7.04. The van der Waals surface area contributed by atoms with Crippen LogP contribution in [0, 0.1) is 11.1 Å². The molecule has 0 spiro atoms. The van der Waals surface area contributed by atoms with Crippen molar-refractivity contribution in [3.8, 4) is 0 Å².